The van der Waals surface area contributed by atoms with Crippen molar-refractivity contribution >= 4 is 71.6 Å². The molecule has 2 heterocycles. The van der Waals surface area contributed by atoms with Gasteiger partial charge < -0.3 is 10.0 Å². The SMILES string of the molecule is Brc1cccnc1.OB(O)c1c2ccccc2cc2ccccc12.c1cncc(-c2c3ccccc3cc3ccccc23)c1. The first-order chi connectivity index (χ1) is 21.6. The highest BCUT2D eigenvalue weighted by atomic mass is 79.9. The number of hydrogen-bond donors (Lipinski definition) is 2. The van der Waals surface area contributed by atoms with Crippen molar-refractivity contribution in [2.75, 3.05) is 0 Å². The maximum atomic E-state index is 9.58. The lowest BCUT2D eigenvalue weighted by atomic mass is 9.74. The summed E-state index contributed by atoms with van der Waals surface area (Å²) < 4.78 is 1.02. The van der Waals surface area contributed by atoms with Crippen LogP contribution in [0.5, 0.6) is 0 Å². The zero-order chi connectivity index (χ0) is 30.3. The highest BCUT2D eigenvalue weighted by Gasteiger charge is 2.18. The summed E-state index contributed by atoms with van der Waals surface area (Å²) in [4.78, 5) is 8.11. The first-order valence-electron chi connectivity index (χ1n) is 14.2. The quantitative estimate of drug-likeness (QED) is 0.148. The largest absolute Gasteiger partial charge is 0.489 e. The van der Waals surface area contributed by atoms with Gasteiger partial charge in [-0.3, -0.25) is 9.97 Å². The minimum atomic E-state index is -1.45. The minimum Gasteiger partial charge on any atom is -0.423 e. The second-order valence-electron chi connectivity index (χ2n) is 10.2. The average Bonchev–Trinajstić information content (AvgIpc) is 3.07. The lowest BCUT2D eigenvalue weighted by molar-refractivity contribution is 0.426. The third-order valence-corrected chi connectivity index (χ3v) is 7.89. The zero-order valence-corrected chi connectivity index (χ0v) is 25.3. The van der Waals surface area contributed by atoms with Gasteiger partial charge in [0.2, 0.25) is 0 Å². The van der Waals surface area contributed by atoms with E-state index in [0.717, 1.165) is 26.0 Å². The molecule has 8 rings (SSSR count). The molecule has 0 aliphatic carbocycles. The predicted molar refractivity (Wildman–Crippen MR) is 188 cm³/mol. The smallest absolute Gasteiger partial charge is 0.423 e. The van der Waals surface area contributed by atoms with E-state index >= 15 is 0 Å². The summed E-state index contributed by atoms with van der Waals surface area (Å²) in [5.74, 6) is 0. The maximum Gasteiger partial charge on any atom is 0.489 e. The number of benzene rings is 6. The Labute approximate surface area is 264 Å². The summed E-state index contributed by atoms with van der Waals surface area (Å²) >= 11 is 3.25. The maximum absolute atomic E-state index is 9.58. The molecule has 0 fully saturated rings. The Balaban J connectivity index is 0.000000130. The molecule has 8 aromatic rings. The molecule has 0 bridgehead atoms. The van der Waals surface area contributed by atoms with Crippen LogP contribution in [0, 0.1) is 0 Å². The van der Waals surface area contributed by atoms with Gasteiger partial charge in [-0.2, -0.15) is 0 Å². The third kappa shape index (κ3) is 6.38. The Morgan fingerprint density at radius 2 is 0.909 bits per heavy atom. The van der Waals surface area contributed by atoms with E-state index in [1.807, 2.05) is 79.1 Å². The summed E-state index contributed by atoms with van der Waals surface area (Å²) in [5, 5.41) is 28.1. The fraction of sp³-hybridized carbons (Fsp3) is 0. The molecular weight excluding hydrogens is 607 g/mol. The van der Waals surface area contributed by atoms with Crippen LogP contribution in [0.15, 0.2) is 163 Å². The van der Waals surface area contributed by atoms with E-state index in [-0.39, 0.29) is 0 Å². The van der Waals surface area contributed by atoms with Crippen LogP contribution in [-0.4, -0.2) is 27.1 Å². The van der Waals surface area contributed by atoms with Crippen LogP contribution in [0.4, 0.5) is 0 Å². The van der Waals surface area contributed by atoms with Gasteiger partial charge in [-0.1, -0.05) is 103 Å². The number of halogens is 1. The Morgan fingerprint density at radius 1 is 0.477 bits per heavy atom. The molecule has 0 spiro atoms. The van der Waals surface area contributed by atoms with Crippen molar-refractivity contribution in [3.8, 4) is 11.1 Å². The summed E-state index contributed by atoms with van der Waals surface area (Å²) in [6, 6.07) is 44.8. The molecule has 0 aliphatic heterocycles. The van der Waals surface area contributed by atoms with Crippen molar-refractivity contribution in [1.82, 2.24) is 9.97 Å². The van der Waals surface area contributed by atoms with Gasteiger partial charge in [0.25, 0.3) is 0 Å². The van der Waals surface area contributed by atoms with E-state index in [2.05, 4.69) is 92.6 Å². The van der Waals surface area contributed by atoms with Gasteiger partial charge in [-0.25, -0.2) is 0 Å². The van der Waals surface area contributed by atoms with Crippen molar-refractivity contribution in [3.05, 3.63) is 163 Å². The summed E-state index contributed by atoms with van der Waals surface area (Å²) in [6.45, 7) is 0. The number of aromatic nitrogens is 2. The van der Waals surface area contributed by atoms with Crippen LogP contribution in [0.3, 0.4) is 0 Å². The molecule has 2 aromatic heterocycles. The highest BCUT2D eigenvalue weighted by molar-refractivity contribution is 9.10. The number of rotatable bonds is 2. The second kappa shape index (κ2) is 13.6. The Hall–Kier alpha value is -4.88. The molecule has 0 amide bonds. The van der Waals surface area contributed by atoms with Gasteiger partial charge in [0, 0.05) is 34.8 Å². The first kappa shape index (κ1) is 29.2. The third-order valence-electron chi connectivity index (χ3n) is 7.42. The van der Waals surface area contributed by atoms with Crippen LogP contribution >= 0.6 is 15.9 Å². The fourth-order valence-corrected chi connectivity index (χ4v) is 5.78. The summed E-state index contributed by atoms with van der Waals surface area (Å²) in [7, 11) is -1.45. The van der Waals surface area contributed by atoms with Gasteiger partial charge >= 0.3 is 7.12 Å². The Bertz CT molecular complexity index is 2070. The summed E-state index contributed by atoms with van der Waals surface area (Å²) in [5.41, 5.74) is 3.02. The molecule has 0 saturated heterocycles. The van der Waals surface area contributed by atoms with E-state index in [1.54, 1.807) is 12.4 Å². The molecular formula is C38H28BBrN2O2. The molecule has 4 nitrogen and oxygen atoms in total. The van der Waals surface area contributed by atoms with Crippen molar-refractivity contribution in [2.45, 2.75) is 0 Å². The van der Waals surface area contributed by atoms with E-state index in [4.69, 9.17) is 0 Å². The number of fused-ring (bicyclic) bond motifs is 4. The molecule has 0 atom stereocenters. The second-order valence-corrected chi connectivity index (χ2v) is 11.1. The van der Waals surface area contributed by atoms with Gasteiger partial charge in [0.15, 0.2) is 0 Å². The minimum absolute atomic E-state index is 0.582. The molecule has 212 valence electrons. The average molecular weight is 635 g/mol. The van der Waals surface area contributed by atoms with E-state index in [1.165, 1.54) is 32.7 Å². The summed E-state index contributed by atoms with van der Waals surface area (Å²) in [6.07, 6.45) is 7.25. The predicted octanol–water partition coefficient (Wildman–Crippen LogP) is 8.57. The van der Waals surface area contributed by atoms with E-state index < -0.39 is 7.12 Å². The van der Waals surface area contributed by atoms with Crippen molar-refractivity contribution in [2.24, 2.45) is 0 Å². The van der Waals surface area contributed by atoms with E-state index in [0.29, 0.717) is 5.46 Å². The van der Waals surface area contributed by atoms with Gasteiger partial charge in [0.1, 0.15) is 0 Å². The van der Waals surface area contributed by atoms with Crippen molar-refractivity contribution in [3.63, 3.8) is 0 Å². The highest BCUT2D eigenvalue weighted by Crippen LogP contribution is 2.35. The van der Waals surface area contributed by atoms with Crippen LogP contribution in [-0.2, 0) is 0 Å². The topological polar surface area (TPSA) is 66.2 Å². The monoisotopic (exact) mass is 634 g/mol. The molecule has 2 N–H and O–H groups in total. The zero-order valence-electron chi connectivity index (χ0n) is 23.8. The van der Waals surface area contributed by atoms with Gasteiger partial charge in [-0.15, -0.1) is 0 Å². The molecule has 0 aliphatic rings. The molecule has 6 aromatic carbocycles. The normalized spacial score (nSPS) is 10.6. The standard InChI is InChI=1S/C19H13N.C14H11BO2.C5H4BrN/c1-3-9-17-14(6-1)12-15-7-2-4-10-18(15)19(17)16-8-5-11-20-13-16;16-15(17)14-12-7-3-1-5-10(12)9-11-6-2-4-8-13(11)14;6-5-2-1-3-7-4-5/h1-13H;1-9,16-17H;1-4H. The molecule has 44 heavy (non-hydrogen) atoms. The van der Waals surface area contributed by atoms with Crippen LogP contribution in [0.25, 0.3) is 54.2 Å². The Kier molecular flexibility index (Phi) is 9.04. The van der Waals surface area contributed by atoms with Crippen LogP contribution in [0.2, 0.25) is 0 Å². The Morgan fingerprint density at radius 3 is 1.30 bits per heavy atom. The first-order valence-corrected chi connectivity index (χ1v) is 15.0. The van der Waals surface area contributed by atoms with E-state index in [9.17, 15) is 10.0 Å². The van der Waals surface area contributed by atoms with Gasteiger partial charge in [-0.05, 0) is 100 Å². The van der Waals surface area contributed by atoms with Crippen molar-refractivity contribution < 1.29 is 10.0 Å². The fourth-order valence-electron chi connectivity index (χ4n) is 5.50. The number of pyridine rings is 2. The van der Waals surface area contributed by atoms with Crippen LogP contribution < -0.4 is 5.46 Å². The van der Waals surface area contributed by atoms with Gasteiger partial charge in [0.05, 0.1) is 0 Å². The number of nitrogens with zero attached hydrogens (tertiary/aromatic N) is 2. The lowest BCUT2D eigenvalue weighted by Crippen LogP contribution is -2.31. The molecule has 0 saturated carbocycles. The lowest BCUT2D eigenvalue weighted by Gasteiger charge is -2.11. The molecule has 0 unspecified atom stereocenters. The van der Waals surface area contributed by atoms with Crippen LogP contribution in [0.1, 0.15) is 0 Å². The molecule has 0 radical (unpaired) electrons. The van der Waals surface area contributed by atoms with Crippen molar-refractivity contribution in [1.29, 1.82) is 0 Å². The molecule has 6 heteroatoms. The number of hydrogen-bond acceptors (Lipinski definition) is 4.